The Kier molecular flexibility index (Phi) is 3.79. The molecule has 1 aromatic rings. The largest absolute Gasteiger partial charge is 0.283 e. The van der Waals surface area contributed by atoms with Crippen molar-refractivity contribution in [1.29, 1.82) is 0 Å². The van der Waals surface area contributed by atoms with Crippen molar-refractivity contribution in [3.05, 3.63) is 34.9 Å². The third-order valence-corrected chi connectivity index (χ3v) is 3.17. The number of nitrogens with zero attached hydrogens (tertiary/aromatic N) is 1. The minimum Gasteiger partial charge on any atom is -0.283 e. The molecule has 3 nitrogen and oxygen atoms in total. The standard InChI is InChI=1S/C13H14ClNO2/c14-11-5-3-10(4-6-11)2-1-9-15-12(16)7-8-13(15)17/h3-6H,1-2,7-9H2. The van der Waals surface area contributed by atoms with Gasteiger partial charge in [-0.3, -0.25) is 14.5 Å². The van der Waals surface area contributed by atoms with Crippen LogP contribution in [-0.2, 0) is 16.0 Å². The van der Waals surface area contributed by atoms with Gasteiger partial charge < -0.3 is 0 Å². The predicted octanol–water partition coefficient (Wildman–Crippen LogP) is 2.42. The van der Waals surface area contributed by atoms with Crippen LogP contribution in [0.4, 0.5) is 0 Å². The van der Waals surface area contributed by atoms with E-state index in [0.717, 1.165) is 17.9 Å². The van der Waals surface area contributed by atoms with E-state index in [1.54, 1.807) is 0 Å². The molecule has 0 bridgehead atoms. The van der Waals surface area contributed by atoms with Gasteiger partial charge in [-0.2, -0.15) is 0 Å². The van der Waals surface area contributed by atoms with E-state index in [1.807, 2.05) is 24.3 Å². The molecule has 1 fully saturated rings. The molecular weight excluding hydrogens is 238 g/mol. The van der Waals surface area contributed by atoms with Crippen molar-refractivity contribution in [2.24, 2.45) is 0 Å². The van der Waals surface area contributed by atoms with Crippen LogP contribution in [0.1, 0.15) is 24.8 Å². The molecule has 4 heteroatoms. The SMILES string of the molecule is O=C1CCC(=O)N1CCCc1ccc(Cl)cc1. The van der Waals surface area contributed by atoms with Gasteiger partial charge in [0.1, 0.15) is 0 Å². The lowest BCUT2D eigenvalue weighted by molar-refractivity contribution is -0.138. The Morgan fingerprint density at radius 1 is 1.06 bits per heavy atom. The van der Waals surface area contributed by atoms with E-state index < -0.39 is 0 Å². The van der Waals surface area contributed by atoms with Crippen LogP contribution in [0.25, 0.3) is 0 Å². The number of rotatable bonds is 4. The highest BCUT2D eigenvalue weighted by molar-refractivity contribution is 6.30. The highest BCUT2D eigenvalue weighted by Gasteiger charge is 2.27. The van der Waals surface area contributed by atoms with Crippen molar-refractivity contribution in [3.8, 4) is 0 Å². The number of carbonyl (C=O) groups excluding carboxylic acids is 2. The number of imide groups is 1. The Bertz CT molecular complexity index is 412. The molecule has 17 heavy (non-hydrogen) atoms. The normalized spacial score (nSPS) is 15.7. The van der Waals surface area contributed by atoms with Crippen LogP contribution in [0.15, 0.2) is 24.3 Å². The highest BCUT2D eigenvalue weighted by atomic mass is 35.5. The molecule has 0 atom stereocenters. The summed E-state index contributed by atoms with van der Waals surface area (Å²) < 4.78 is 0. The number of carbonyl (C=O) groups is 2. The number of amides is 2. The fraction of sp³-hybridized carbons (Fsp3) is 0.385. The Morgan fingerprint density at radius 2 is 1.65 bits per heavy atom. The van der Waals surface area contributed by atoms with Gasteiger partial charge in [-0.15, -0.1) is 0 Å². The van der Waals surface area contributed by atoms with E-state index >= 15 is 0 Å². The summed E-state index contributed by atoms with van der Waals surface area (Å²) in [4.78, 5) is 24.1. The fourth-order valence-corrected chi connectivity index (χ4v) is 2.09. The number of benzene rings is 1. The fourth-order valence-electron chi connectivity index (χ4n) is 1.96. The van der Waals surface area contributed by atoms with Gasteiger partial charge in [0.15, 0.2) is 0 Å². The first kappa shape index (κ1) is 12.1. The third-order valence-electron chi connectivity index (χ3n) is 2.92. The maximum Gasteiger partial charge on any atom is 0.229 e. The Hall–Kier alpha value is -1.35. The number of hydrogen-bond acceptors (Lipinski definition) is 2. The maximum absolute atomic E-state index is 11.4. The van der Waals surface area contributed by atoms with Gasteiger partial charge in [0.25, 0.3) is 0 Å². The van der Waals surface area contributed by atoms with Gasteiger partial charge in [-0.25, -0.2) is 0 Å². The summed E-state index contributed by atoms with van der Waals surface area (Å²) in [6, 6.07) is 7.64. The minimum atomic E-state index is -0.0360. The van der Waals surface area contributed by atoms with Gasteiger partial charge >= 0.3 is 0 Å². The van der Waals surface area contributed by atoms with Crippen LogP contribution >= 0.6 is 11.6 Å². The van der Waals surface area contributed by atoms with Crippen LogP contribution in [-0.4, -0.2) is 23.3 Å². The first-order valence-corrected chi connectivity index (χ1v) is 6.12. The molecule has 0 radical (unpaired) electrons. The zero-order valence-electron chi connectivity index (χ0n) is 9.49. The number of likely N-dealkylation sites (tertiary alicyclic amines) is 1. The molecule has 0 aromatic heterocycles. The smallest absolute Gasteiger partial charge is 0.229 e. The third kappa shape index (κ3) is 3.07. The van der Waals surface area contributed by atoms with Gasteiger partial charge in [-0.1, -0.05) is 23.7 Å². The summed E-state index contributed by atoms with van der Waals surface area (Å²) >= 11 is 5.79. The summed E-state index contributed by atoms with van der Waals surface area (Å²) in [5.41, 5.74) is 1.17. The van der Waals surface area contributed by atoms with Gasteiger partial charge in [0, 0.05) is 24.4 Å². The molecule has 1 aliphatic rings. The summed E-state index contributed by atoms with van der Waals surface area (Å²) in [6.07, 6.45) is 2.41. The molecule has 0 saturated carbocycles. The second kappa shape index (κ2) is 5.32. The lowest BCUT2D eigenvalue weighted by Gasteiger charge is -2.13. The molecule has 0 spiro atoms. The van der Waals surface area contributed by atoms with Crippen molar-refractivity contribution in [1.82, 2.24) is 4.90 Å². The van der Waals surface area contributed by atoms with Gasteiger partial charge in [0.2, 0.25) is 11.8 Å². The van der Waals surface area contributed by atoms with E-state index in [9.17, 15) is 9.59 Å². The van der Waals surface area contributed by atoms with E-state index in [2.05, 4.69) is 0 Å². The molecule has 1 aromatic carbocycles. The molecule has 0 N–H and O–H groups in total. The van der Waals surface area contributed by atoms with Crippen molar-refractivity contribution >= 4 is 23.4 Å². The topological polar surface area (TPSA) is 37.4 Å². The molecule has 90 valence electrons. The first-order chi connectivity index (χ1) is 8.16. The van der Waals surface area contributed by atoms with Crippen molar-refractivity contribution < 1.29 is 9.59 Å². The van der Waals surface area contributed by atoms with Crippen LogP contribution in [0.2, 0.25) is 5.02 Å². The number of hydrogen-bond donors (Lipinski definition) is 0. The summed E-state index contributed by atoms with van der Waals surface area (Å²) in [5, 5.41) is 0.721. The van der Waals surface area contributed by atoms with Crippen LogP contribution in [0.3, 0.4) is 0 Å². The monoisotopic (exact) mass is 251 g/mol. The Balaban J connectivity index is 1.81. The lowest BCUT2D eigenvalue weighted by Crippen LogP contribution is -2.30. The molecule has 1 saturated heterocycles. The van der Waals surface area contributed by atoms with Gasteiger partial charge in [0.05, 0.1) is 0 Å². The summed E-state index contributed by atoms with van der Waals surface area (Å²) in [6.45, 7) is 0.528. The molecule has 1 heterocycles. The summed E-state index contributed by atoms with van der Waals surface area (Å²) in [7, 11) is 0. The number of halogens is 1. The average molecular weight is 252 g/mol. The average Bonchev–Trinajstić information content (AvgIpc) is 2.63. The minimum absolute atomic E-state index is 0.0360. The van der Waals surface area contributed by atoms with E-state index in [1.165, 1.54) is 10.5 Å². The van der Waals surface area contributed by atoms with Gasteiger partial charge in [-0.05, 0) is 30.5 Å². The molecule has 1 aliphatic heterocycles. The molecule has 2 amide bonds. The molecular formula is C13H14ClNO2. The quantitative estimate of drug-likeness (QED) is 0.771. The van der Waals surface area contributed by atoms with E-state index in [-0.39, 0.29) is 11.8 Å². The van der Waals surface area contributed by atoms with Crippen molar-refractivity contribution in [2.75, 3.05) is 6.54 Å². The van der Waals surface area contributed by atoms with Crippen molar-refractivity contribution in [2.45, 2.75) is 25.7 Å². The van der Waals surface area contributed by atoms with Crippen LogP contribution in [0, 0.1) is 0 Å². The number of aryl methyl sites for hydroxylation is 1. The Morgan fingerprint density at radius 3 is 2.24 bits per heavy atom. The predicted molar refractivity (Wildman–Crippen MR) is 65.7 cm³/mol. The second-order valence-electron chi connectivity index (χ2n) is 4.17. The zero-order chi connectivity index (χ0) is 12.3. The second-order valence-corrected chi connectivity index (χ2v) is 4.61. The van der Waals surface area contributed by atoms with Crippen LogP contribution < -0.4 is 0 Å². The van der Waals surface area contributed by atoms with Crippen LogP contribution in [0.5, 0.6) is 0 Å². The Labute approximate surface area is 105 Å². The molecule has 2 rings (SSSR count). The maximum atomic E-state index is 11.4. The lowest BCUT2D eigenvalue weighted by atomic mass is 10.1. The molecule has 0 aliphatic carbocycles. The highest BCUT2D eigenvalue weighted by Crippen LogP contribution is 2.14. The summed E-state index contributed by atoms with van der Waals surface area (Å²) in [5.74, 6) is -0.0720. The van der Waals surface area contributed by atoms with Crippen molar-refractivity contribution in [3.63, 3.8) is 0 Å². The van der Waals surface area contributed by atoms with E-state index in [0.29, 0.717) is 19.4 Å². The van der Waals surface area contributed by atoms with E-state index in [4.69, 9.17) is 11.6 Å². The molecule has 0 unspecified atom stereocenters. The first-order valence-electron chi connectivity index (χ1n) is 5.74. The zero-order valence-corrected chi connectivity index (χ0v) is 10.2.